The molecule has 6 nitrogen and oxygen atoms in total. The SMILES string of the molecule is CCCCN1C(=O)[C@@H]2[C@@H](C1=O)[C@@H]1C=Cc3ccc4cccnc4c3N1[C@@H]2C(=O)C(C)(C)C. The van der Waals surface area contributed by atoms with Crippen LogP contribution in [0.5, 0.6) is 0 Å². The van der Waals surface area contributed by atoms with Gasteiger partial charge >= 0.3 is 0 Å². The van der Waals surface area contributed by atoms with Gasteiger partial charge in [-0.25, -0.2) is 0 Å². The van der Waals surface area contributed by atoms with Gasteiger partial charge in [0.15, 0.2) is 5.78 Å². The summed E-state index contributed by atoms with van der Waals surface area (Å²) in [6.45, 7) is 8.12. The second-order valence-electron chi connectivity index (χ2n) is 10.1. The minimum Gasteiger partial charge on any atom is -0.351 e. The Morgan fingerprint density at radius 2 is 1.84 bits per heavy atom. The van der Waals surface area contributed by atoms with Gasteiger partial charge in [0.2, 0.25) is 11.8 Å². The van der Waals surface area contributed by atoms with E-state index in [0.29, 0.717) is 6.54 Å². The van der Waals surface area contributed by atoms with Crippen LogP contribution in [-0.2, 0) is 14.4 Å². The van der Waals surface area contributed by atoms with E-state index in [1.54, 1.807) is 6.20 Å². The largest absolute Gasteiger partial charge is 0.351 e. The number of unbranched alkanes of at least 4 members (excludes halogenated alkanes) is 1. The van der Waals surface area contributed by atoms with Crippen molar-refractivity contribution in [2.24, 2.45) is 17.3 Å². The number of pyridine rings is 1. The number of amides is 2. The standard InChI is InChI=1S/C26H29N3O3/c1-5-6-14-28-24(31)18-17-12-11-16-10-9-15-8-7-13-27-20(15)21(16)29(17)22(19(18)25(28)32)23(30)26(2,3)4/h7-13,17-19,22H,5-6,14H2,1-4H3/t17-,18-,19+,22-/m0/s1. The van der Waals surface area contributed by atoms with Crippen LogP contribution in [0.15, 0.2) is 36.5 Å². The van der Waals surface area contributed by atoms with Crippen molar-refractivity contribution in [1.82, 2.24) is 9.88 Å². The third kappa shape index (κ3) is 2.85. The van der Waals surface area contributed by atoms with Crippen molar-refractivity contribution in [1.29, 1.82) is 0 Å². The number of rotatable bonds is 4. The Hall–Kier alpha value is -3.02. The van der Waals surface area contributed by atoms with Gasteiger partial charge in [0.05, 0.1) is 29.1 Å². The van der Waals surface area contributed by atoms with Crippen molar-refractivity contribution in [3.8, 4) is 0 Å². The molecule has 0 unspecified atom stereocenters. The van der Waals surface area contributed by atoms with Crippen LogP contribution < -0.4 is 4.90 Å². The number of aromatic nitrogens is 1. The maximum Gasteiger partial charge on any atom is 0.235 e. The number of nitrogens with zero attached hydrogens (tertiary/aromatic N) is 3. The van der Waals surface area contributed by atoms with E-state index in [0.717, 1.165) is 35.0 Å². The number of carbonyl (C=O) groups is 3. The lowest BCUT2D eigenvalue weighted by molar-refractivity contribution is -0.142. The fraction of sp³-hybridized carbons (Fsp3) is 0.462. The zero-order valence-electron chi connectivity index (χ0n) is 19.0. The molecule has 5 rings (SSSR count). The van der Waals surface area contributed by atoms with Crippen molar-refractivity contribution in [3.63, 3.8) is 0 Å². The Kier molecular flexibility index (Phi) is 4.73. The third-order valence-electron chi connectivity index (χ3n) is 7.07. The van der Waals surface area contributed by atoms with Crippen LogP contribution in [0.25, 0.3) is 17.0 Å². The Balaban J connectivity index is 1.70. The molecule has 1 aromatic carbocycles. The van der Waals surface area contributed by atoms with E-state index in [9.17, 15) is 14.4 Å². The minimum absolute atomic E-state index is 0.0114. The van der Waals surface area contributed by atoms with Gasteiger partial charge in [-0.15, -0.1) is 0 Å². The van der Waals surface area contributed by atoms with Crippen molar-refractivity contribution < 1.29 is 14.4 Å². The maximum atomic E-state index is 13.8. The van der Waals surface area contributed by atoms with Gasteiger partial charge in [0.25, 0.3) is 0 Å². The lowest BCUT2D eigenvalue weighted by atomic mass is 9.79. The molecule has 2 aromatic rings. The van der Waals surface area contributed by atoms with Gasteiger partial charge in [-0.2, -0.15) is 0 Å². The van der Waals surface area contributed by atoms with Crippen molar-refractivity contribution in [2.75, 3.05) is 11.4 Å². The first-order valence-corrected chi connectivity index (χ1v) is 11.5. The van der Waals surface area contributed by atoms with Crippen LogP contribution in [0.1, 0.15) is 46.1 Å². The van der Waals surface area contributed by atoms with Gasteiger partial charge in [0, 0.05) is 23.5 Å². The minimum atomic E-state index is -0.690. The smallest absolute Gasteiger partial charge is 0.235 e. The van der Waals surface area contributed by atoms with Gasteiger partial charge in [-0.1, -0.05) is 64.5 Å². The number of hydrogen-bond donors (Lipinski definition) is 0. The summed E-state index contributed by atoms with van der Waals surface area (Å²) in [7, 11) is 0. The molecule has 0 spiro atoms. The third-order valence-corrected chi connectivity index (χ3v) is 7.07. The summed E-state index contributed by atoms with van der Waals surface area (Å²) in [6, 6.07) is 6.90. The van der Waals surface area contributed by atoms with Crippen LogP contribution in [0.4, 0.5) is 5.69 Å². The summed E-state index contributed by atoms with van der Waals surface area (Å²) in [5, 5.41) is 0.974. The number of anilines is 1. The summed E-state index contributed by atoms with van der Waals surface area (Å²) in [5.41, 5.74) is 1.97. The van der Waals surface area contributed by atoms with Gasteiger partial charge in [0.1, 0.15) is 6.04 Å². The zero-order chi connectivity index (χ0) is 22.8. The molecule has 3 aliphatic heterocycles. The van der Waals surface area contributed by atoms with E-state index in [1.165, 1.54) is 4.90 Å². The molecule has 0 radical (unpaired) electrons. The Morgan fingerprint density at radius 3 is 2.56 bits per heavy atom. The quantitative estimate of drug-likeness (QED) is 0.688. The molecule has 2 fully saturated rings. The number of benzene rings is 1. The number of imide groups is 1. The first-order chi connectivity index (χ1) is 15.3. The Bertz CT molecular complexity index is 1160. The molecule has 0 aliphatic carbocycles. The van der Waals surface area contributed by atoms with Crippen LogP contribution in [0.3, 0.4) is 0 Å². The molecular weight excluding hydrogens is 402 g/mol. The van der Waals surface area contributed by atoms with E-state index >= 15 is 0 Å². The summed E-state index contributed by atoms with van der Waals surface area (Å²) < 4.78 is 0. The van der Waals surface area contributed by atoms with Crippen molar-refractivity contribution in [3.05, 3.63) is 42.1 Å². The molecule has 2 amide bonds. The normalized spacial score (nSPS) is 26.5. The van der Waals surface area contributed by atoms with E-state index in [1.807, 2.05) is 69.0 Å². The topological polar surface area (TPSA) is 70.6 Å². The van der Waals surface area contributed by atoms with Crippen molar-refractivity contribution >= 4 is 40.3 Å². The summed E-state index contributed by atoms with van der Waals surface area (Å²) in [4.78, 5) is 48.9. The zero-order valence-corrected chi connectivity index (χ0v) is 19.0. The van der Waals surface area contributed by atoms with E-state index in [-0.39, 0.29) is 23.6 Å². The number of hydrogen-bond acceptors (Lipinski definition) is 5. The molecule has 0 N–H and O–H groups in total. The van der Waals surface area contributed by atoms with Gasteiger partial charge in [-0.3, -0.25) is 24.3 Å². The van der Waals surface area contributed by atoms with Crippen LogP contribution in [0, 0.1) is 17.3 Å². The summed E-state index contributed by atoms with van der Waals surface area (Å²) in [6.07, 6.45) is 7.43. The number of carbonyl (C=O) groups excluding carboxylic acids is 3. The fourth-order valence-corrected chi connectivity index (χ4v) is 5.52. The molecule has 2 saturated heterocycles. The monoisotopic (exact) mass is 431 g/mol. The molecule has 3 aliphatic rings. The molecule has 0 bridgehead atoms. The van der Waals surface area contributed by atoms with Crippen LogP contribution in [-0.4, -0.2) is 46.1 Å². The lowest BCUT2D eigenvalue weighted by Gasteiger charge is -2.39. The number of Topliss-reactive ketones (excluding diaryl/α,β-unsaturated/α-hetero) is 1. The molecule has 32 heavy (non-hydrogen) atoms. The molecule has 4 heterocycles. The molecule has 1 aromatic heterocycles. The number of fused-ring (bicyclic) bond motifs is 7. The van der Waals surface area contributed by atoms with Gasteiger partial charge < -0.3 is 4.90 Å². The second-order valence-corrected chi connectivity index (χ2v) is 10.1. The van der Waals surface area contributed by atoms with E-state index < -0.39 is 23.3 Å². The maximum absolute atomic E-state index is 13.8. The summed E-state index contributed by atoms with van der Waals surface area (Å²) in [5.74, 6) is -1.56. The number of ketones is 1. The predicted octanol–water partition coefficient (Wildman–Crippen LogP) is 3.84. The van der Waals surface area contributed by atoms with E-state index in [2.05, 4.69) is 4.98 Å². The summed E-state index contributed by atoms with van der Waals surface area (Å²) >= 11 is 0. The molecule has 4 atom stereocenters. The first kappa shape index (κ1) is 20.9. The fourth-order valence-electron chi connectivity index (χ4n) is 5.52. The Morgan fingerprint density at radius 1 is 1.09 bits per heavy atom. The van der Waals surface area contributed by atoms with Crippen LogP contribution in [0.2, 0.25) is 0 Å². The molecule has 166 valence electrons. The average Bonchev–Trinajstić information content (AvgIpc) is 3.23. The highest BCUT2D eigenvalue weighted by molar-refractivity contribution is 6.13. The highest BCUT2D eigenvalue weighted by atomic mass is 16.2. The van der Waals surface area contributed by atoms with Gasteiger partial charge in [-0.05, 0) is 18.1 Å². The number of likely N-dealkylation sites (tertiary alicyclic amines) is 1. The lowest BCUT2D eigenvalue weighted by Crippen LogP contribution is -2.51. The van der Waals surface area contributed by atoms with Crippen molar-refractivity contribution in [2.45, 2.75) is 52.6 Å². The first-order valence-electron chi connectivity index (χ1n) is 11.5. The Labute approximate surface area is 188 Å². The predicted molar refractivity (Wildman–Crippen MR) is 124 cm³/mol. The second kappa shape index (κ2) is 7.26. The molecular formula is C26H29N3O3. The highest BCUT2D eigenvalue weighted by Crippen LogP contribution is 2.51. The molecule has 6 heteroatoms. The average molecular weight is 432 g/mol. The van der Waals surface area contributed by atoms with E-state index in [4.69, 9.17) is 0 Å². The highest BCUT2D eigenvalue weighted by Gasteiger charge is 2.64. The van der Waals surface area contributed by atoms with Crippen LogP contribution >= 0.6 is 0 Å². The molecule has 0 saturated carbocycles.